The lowest BCUT2D eigenvalue weighted by Crippen LogP contribution is -2.27. The summed E-state index contributed by atoms with van der Waals surface area (Å²) in [6, 6.07) is 0. The topological polar surface area (TPSA) is 26.3 Å². The quantitative estimate of drug-likeness (QED) is 0.495. The summed E-state index contributed by atoms with van der Waals surface area (Å²) < 4.78 is 5.09. The maximum atomic E-state index is 10.9. The van der Waals surface area contributed by atoms with E-state index < -0.39 is 0 Å². The van der Waals surface area contributed by atoms with E-state index in [4.69, 9.17) is 4.74 Å². The molecule has 1 fully saturated rings. The fourth-order valence-corrected chi connectivity index (χ4v) is 1.92. The molecule has 0 aromatic carbocycles. The number of rotatable bonds is 3. The summed E-state index contributed by atoms with van der Waals surface area (Å²) in [5.74, 6) is 0.352. The molecule has 1 aliphatic carbocycles. The monoisotopic (exact) mass is 182 g/mol. The molecule has 13 heavy (non-hydrogen) atoms. The molecule has 1 saturated carbocycles. The first kappa shape index (κ1) is 10.3. The van der Waals surface area contributed by atoms with Crippen molar-refractivity contribution in [2.45, 2.75) is 33.1 Å². The van der Waals surface area contributed by atoms with Crippen LogP contribution in [0.1, 0.15) is 33.1 Å². The minimum Gasteiger partial charge on any atom is -0.462 e. The van der Waals surface area contributed by atoms with Crippen LogP contribution < -0.4 is 0 Å². The summed E-state index contributed by atoms with van der Waals surface area (Å²) in [7, 11) is 0. The second-order valence-electron chi connectivity index (χ2n) is 4.26. The third kappa shape index (κ3) is 2.33. The molecule has 1 rings (SSSR count). The Hall–Kier alpha value is -0.790. The molecule has 0 aromatic heterocycles. The van der Waals surface area contributed by atoms with Crippen molar-refractivity contribution in [2.75, 3.05) is 6.61 Å². The molecular weight excluding hydrogens is 164 g/mol. The van der Waals surface area contributed by atoms with Crippen LogP contribution in [0.4, 0.5) is 0 Å². The van der Waals surface area contributed by atoms with Gasteiger partial charge in [-0.2, -0.15) is 0 Å². The number of hydrogen-bond donors (Lipinski definition) is 0. The van der Waals surface area contributed by atoms with E-state index in [1.807, 2.05) is 0 Å². The van der Waals surface area contributed by atoms with Crippen LogP contribution in [0.2, 0.25) is 0 Å². The molecule has 2 nitrogen and oxygen atoms in total. The van der Waals surface area contributed by atoms with Gasteiger partial charge in [0.2, 0.25) is 0 Å². The highest BCUT2D eigenvalue weighted by Crippen LogP contribution is 2.42. The van der Waals surface area contributed by atoms with E-state index >= 15 is 0 Å². The van der Waals surface area contributed by atoms with Gasteiger partial charge in [0.1, 0.15) is 0 Å². The minimum atomic E-state index is -0.305. The molecule has 0 spiro atoms. The Balaban J connectivity index is 2.42. The molecule has 0 aromatic rings. The minimum absolute atomic E-state index is 0.193. The van der Waals surface area contributed by atoms with Crippen molar-refractivity contribution in [3.63, 3.8) is 0 Å². The Morgan fingerprint density at radius 3 is 2.92 bits per heavy atom. The average Bonchev–Trinajstić information content (AvgIpc) is 2.44. The van der Waals surface area contributed by atoms with Crippen LogP contribution >= 0.6 is 0 Å². The lowest BCUT2D eigenvalue weighted by molar-refractivity contribution is -0.141. The highest BCUT2D eigenvalue weighted by molar-refractivity contribution is 5.81. The average molecular weight is 182 g/mol. The van der Waals surface area contributed by atoms with Gasteiger partial charge in [-0.3, -0.25) is 0 Å². The molecule has 0 amide bonds. The third-order valence-corrected chi connectivity index (χ3v) is 3.29. The Morgan fingerprint density at radius 1 is 1.77 bits per heavy atom. The van der Waals surface area contributed by atoms with Crippen molar-refractivity contribution >= 4 is 5.97 Å². The molecule has 74 valence electrons. The number of carbonyl (C=O) groups is 1. The Morgan fingerprint density at radius 2 is 2.46 bits per heavy atom. The van der Waals surface area contributed by atoms with Gasteiger partial charge in [0, 0.05) is 11.5 Å². The summed E-state index contributed by atoms with van der Waals surface area (Å²) in [6.45, 7) is 8.34. The highest BCUT2D eigenvalue weighted by Gasteiger charge is 2.36. The van der Waals surface area contributed by atoms with Crippen molar-refractivity contribution in [3.8, 4) is 0 Å². The second kappa shape index (κ2) is 3.95. The van der Waals surface area contributed by atoms with Gasteiger partial charge in [-0.25, -0.2) is 4.79 Å². The molecule has 2 unspecified atom stereocenters. The maximum Gasteiger partial charge on any atom is 0.330 e. The van der Waals surface area contributed by atoms with Crippen LogP contribution in [0.25, 0.3) is 0 Å². The molecule has 0 aliphatic heterocycles. The van der Waals surface area contributed by atoms with Gasteiger partial charge in [-0.05, 0) is 12.3 Å². The molecule has 1 aliphatic rings. The van der Waals surface area contributed by atoms with Gasteiger partial charge in [0.15, 0.2) is 0 Å². The van der Waals surface area contributed by atoms with Crippen molar-refractivity contribution in [1.29, 1.82) is 0 Å². The van der Waals surface area contributed by atoms with E-state index in [1.54, 1.807) is 0 Å². The summed E-state index contributed by atoms with van der Waals surface area (Å²) >= 11 is 0. The summed E-state index contributed by atoms with van der Waals surface area (Å²) in [4.78, 5) is 10.9. The fourth-order valence-electron chi connectivity index (χ4n) is 1.92. The highest BCUT2D eigenvalue weighted by atomic mass is 16.5. The van der Waals surface area contributed by atoms with E-state index in [9.17, 15) is 4.79 Å². The Labute approximate surface area is 80.0 Å². The standard InChI is InChI=1S/C11H18O2/c1-4-10(12)13-8-11(3)7-5-6-9(11)2/h4,9H,1,5-8H2,2-3H3. The smallest absolute Gasteiger partial charge is 0.330 e. The van der Waals surface area contributed by atoms with Crippen LogP contribution in [0, 0.1) is 11.3 Å². The molecular formula is C11H18O2. The summed E-state index contributed by atoms with van der Waals surface area (Å²) in [5.41, 5.74) is 0.193. The molecule has 0 N–H and O–H groups in total. The van der Waals surface area contributed by atoms with E-state index in [0.29, 0.717) is 12.5 Å². The first-order chi connectivity index (χ1) is 6.08. The Bertz CT molecular complexity index is 210. The molecule has 0 saturated heterocycles. The van der Waals surface area contributed by atoms with Gasteiger partial charge in [-0.1, -0.05) is 33.3 Å². The second-order valence-corrected chi connectivity index (χ2v) is 4.26. The SMILES string of the molecule is C=CC(=O)OCC1(C)CCCC1C. The Kier molecular flexibility index (Phi) is 3.12. The first-order valence-electron chi connectivity index (χ1n) is 4.88. The van der Waals surface area contributed by atoms with Gasteiger partial charge >= 0.3 is 5.97 Å². The van der Waals surface area contributed by atoms with Crippen molar-refractivity contribution in [3.05, 3.63) is 12.7 Å². The molecule has 0 bridgehead atoms. The van der Waals surface area contributed by atoms with Gasteiger partial charge in [0.25, 0.3) is 0 Å². The normalized spacial score (nSPS) is 32.9. The number of carbonyl (C=O) groups excluding carboxylic acids is 1. The molecule has 2 heteroatoms. The van der Waals surface area contributed by atoms with Crippen molar-refractivity contribution in [2.24, 2.45) is 11.3 Å². The van der Waals surface area contributed by atoms with Crippen molar-refractivity contribution in [1.82, 2.24) is 0 Å². The summed E-state index contributed by atoms with van der Waals surface area (Å²) in [5, 5.41) is 0. The van der Waals surface area contributed by atoms with E-state index in [-0.39, 0.29) is 11.4 Å². The lowest BCUT2D eigenvalue weighted by Gasteiger charge is -2.28. The fraction of sp³-hybridized carbons (Fsp3) is 0.727. The van der Waals surface area contributed by atoms with Crippen LogP contribution in [0.3, 0.4) is 0 Å². The maximum absolute atomic E-state index is 10.9. The zero-order valence-electron chi connectivity index (χ0n) is 8.51. The molecule has 0 heterocycles. The zero-order valence-corrected chi connectivity index (χ0v) is 8.51. The lowest BCUT2D eigenvalue weighted by atomic mass is 9.82. The van der Waals surface area contributed by atoms with E-state index in [1.165, 1.54) is 25.3 Å². The number of ether oxygens (including phenoxy) is 1. The van der Waals surface area contributed by atoms with Gasteiger partial charge < -0.3 is 4.74 Å². The predicted octanol–water partition coefficient (Wildman–Crippen LogP) is 2.54. The van der Waals surface area contributed by atoms with E-state index in [0.717, 1.165) is 0 Å². The van der Waals surface area contributed by atoms with E-state index in [2.05, 4.69) is 20.4 Å². The van der Waals surface area contributed by atoms with Crippen LogP contribution in [0.15, 0.2) is 12.7 Å². The number of hydrogen-bond acceptors (Lipinski definition) is 2. The largest absolute Gasteiger partial charge is 0.462 e. The van der Waals surface area contributed by atoms with Gasteiger partial charge in [-0.15, -0.1) is 0 Å². The van der Waals surface area contributed by atoms with Crippen molar-refractivity contribution < 1.29 is 9.53 Å². The van der Waals surface area contributed by atoms with Crippen LogP contribution in [-0.2, 0) is 9.53 Å². The predicted molar refractivity (Wildman–Crippen MR) is 52.3 cm³/mol. The van der Waals surface area contributed by atoms with Crippen LogP contribution in [0.5, 0.6) is 0 Å². The summed E-state index contributed by atoms with van der Waals surface area (Å²) in [6.07, 6.45) is 4.90. The van der Waals surface area contributed by atoms with Crippen LogP contribution in [-0.4, -0.2) is 12.6 Å². The van der Waals surface area contributed by atoms with Gasteiger partial charge in [0.05, 0.1) is 6.61 Å². The molecule has 2 atom stereocenters. The zero-order chi connectivity index (χ0) is 9.90. The number of esters is 1. The first-order valence-corrected chi connectivity index (χ1v) is 4.88. The third-order valence-electron chi connectivity index (χ3n) is 3.29. The molecule has 0 radical (unpaired) electrons.